The van der Waals surface area contributed by atoms with E-state index in [1.54, 1.807) is 25.2 Å². The van der Waals surface area contributed by atoms with Gasteiger partial charge in [0.05, 0.1) is 10.8 Å². The van der Waals surface area contributed by atoms with Crippen molar-refractivity contribution in [3.63, 3.8) is 0 Å². The Balaban J connectivity index is 2.31. The minimum Gasteiger partial charge on any atom is -0.382 e. The number of anilines is 1. The van der Waals surface area contributed by atoms with Crippen LogP contribution in [0.25, 0.3) is 0 Å². The van der Waals surface area contributed by atoms with E-state index in [-0.39, 0.29) is 22.5 Å². The lowest BCUT2D eigenvalue weighted by Gasteiger charge is -2.13. The smallest absolute Gasteiger partial charge is 0.269 e. The fourth-order valence-electron chi connectivity index (χ4n) is 1.64. The van der Waals surface area contributed by atoms with E-state index in [4.69, 9.17) is 0 Å². The predicted octanol–water partition coefficient (Wildman–Crippen LogP) is 1.28. The molecule has 1 fully saturated rings. The monoisotopic (exact) mass is 268 g/mol. The van der Waals surface area contributed by atoms with Gasteiger partial charge in [-0.25, -0.2) is 4.39 Å². The molecule has 1 unspecified atom stereocenters. The molecule has 18 heavy (non-hydrogen) atoms. The van der Waals surface area contributed by atoms with E-state index in [1.807, 2.05) is 0 Å². The van der Waals surface area contributed by atoms with Gasteiger partial charge in [0.2, 0.25) is 0 Å². The summed E-state index contributed by atoms with van der Waals surface area (Å²) in [4.78, 5) is 15.4. The maximum Gasteiger partial charge on any atom is 0.269 e. The lowest BCUT2D eigenvalue weighted by Crippen LogP contribution is -2.24. The van der Waals surface area contributed by atoms with Gasteiger partial charge in [-0.05, 0) is 24.3 Å². The highest BCUT2D eigenvalue weighted by Gasteiger charge is 2.33. The summed E-state index contributed by atoms with van der Waals surface area (Å²) in [5.41, 5.74) is 0.553. The SMILES string of the molecule is CN(C)C=C1C(=O)N(c2ccc(F)cc2)CS1=O. The molecule has 0 N–H and O–H groups in total. The number of hydrogen-bond acceptors (Lipinski definition) is 3. The minimum absolute atomic E-state index is 0.115. The number of rotatable bonds is 2. The predicted molar refractivity (Wildman–Crippen MR) is 68.7 cm³/mol. The highest BCUT2D eigenvalue weighted by Crippen LogP contribution is 2.25. The van der Waals surface area contributed by atoms with Crippen molar-refractivity contribution in [1.82, 2.24) is 4.90 Å². The Morgan fingerprint density at radius 1 is 1.33 bits per heavy atom. The number of nitrogens with zero attached hydrogens (tertiary/aromatic N) is 2. The Kier molecular flexibility index (Phi) is 3.47. The third-order valence-electron chi connectivity index (χ3n) is 2.46. The minimum atomic E-state index is -1.35. The van der Waals surface area contributed by atoms with E-state index in [9.17, 15) is 13.4 Å². The molecule has 2 rings (SSSR count). The van der Waals surface area contributed by atoms with Gasteiger partial charge < -0.3 is 4.90 Å². The molecule has 1 amide bonds. The summed E-state index contributed by atoms with van der Waals surface area (Å²) >= 11 is 0. The van der Waals surface area contributed by atoms with Crippen LogP contribution in [0.2, 0.25) is 0 Å². The van der Waals surface area contributed by atoms with Gasteiger partial charge in [-0.15, -0.1) is 0 Å². The van der Waals surface area contributed by atoms with E-state index in [2.05, 4.69) is 0 Å². The van der Waals surface area contributed by atoms with Gasteiger partial charge >= 0.3 is 0 Å². The van der Waals surface area contributed by atoms with Crippen LogP contribution in [0.3, 0.4) is 0 Å². The zero-order chi connectivity index (χ0) is 13.3. The molecule has 1 aromatic rings. The molecule has 4 nitrogen and oxygen atoms in total. The van der Waals surface area contributed by atoms with Gasteiger partial charge in [0, 0.05) is 26.0 Å². The van der Waals surface area contributed by atoms with Crippen LogP contribution in [0.4, 0.5) is 10.1 Å². The molecule has 0 saturated carbocycles. The first-order valence-electron chi connectivity index (χ1n) is 5.33. The van der Waals surface area contributed by atoms with E-state index in [0.29, 0.717) is 5.69 Å². The number of benzene rings is 1. The zero-order valence-corrected chi connectivity index (χ0v) is 10.9. The van der Waals surface area contributed by atoms with Crippen LogP contribution in [0, 0.1) is 5.82 Å². The van der Waals surface area contributed by atoms with E-state index >= 15 is 0 Å². The van der Waals surface area contributed by atoms with Crippen molar-refractivity contribution < 1.29 is 13.4 Å². The van der Waals surface area contributed by atoms with Crippen LogP contribution in [0.1, 0.15) is 0 Å². The Labute approximate surface area is 107 Å². The zero-order valence-electron chi connectivity index (χ0n) is 10.1. The molecule has 0 spiro atoms. The molecule has 0 aliphatic carbocycles. The van der Waals surface area contributed by atoms with Crippen LogP contribution in [-0.4, -0.2) is 35.0 Å². The molecule has 1 aromatic carbocycles. The van der Waals surface area contributed by atoms with Crippen LogP contribution in [0.15, 0.2) is 35.4 Å². The Morgan fingerprint density at radius 2 is 1.94 bits per heavy atom. The van der Waals surface area contributed by atoms with E-state index in [1.165, 1.54) is 29.2 Å². The molecule has 96 valence electrons. The fraction of sp³-hybridized carbons (Fsp3) is 0.250. The average Bonchev–Trinajstić information content (AvgIpc) is 2.58. The second-order valence-electron chi connectivity index (χ2n) is 4.14. The van der Waals surface area contributed by atoms with E-state index in [0.717, 1.165) is 0 Å². The molecule has 0 bridgehead atoms. The molecule has 0 radical (unpaired) electrons. The third kappa shape index (κ3) is 2.43. The van der Waals surface area contributed by atoms with Gasteiger partial charge in [0.15, 0.2) is 0 Å². The number of carbonyl (C=O) groups excluding carboxylic acids is 1. The second-order valence-corrected chi connectivity index (χ2v) is 5.53. The number of carbonyl (C=O) groups is 1. The summed E-state index contributed by atoms with van der Waals surface area (Å²) in [6, 6.07) is 5.56. The summed E-state index contributed by atoms with van der Waals surface area (Å²) in [5, 5.41) is 0. The molecule has 1 heterocycles. The van der Waals surface area contributed by atoms with Gasteiger partial charge in [0.25, 0.3) is 5.91 Å². The maximum absolute atomic E-state index is 12.8. The standard InChI is InChI=1S/C12H13FN2O2S/c1-14(2)7-11-12(16)15(8-18(11)17)10-5-3-9(13)4-6-10/h3-7H,8H2,1-2H3. The molecular formula is C12H13FN2O2S. The van der Waals surface area contributed by atoms with Gasteiger partial charge in [-0.3, -0.25) is 13.9 Å². The lowest BCUT2D eigenvalue weighted by atomic mass is 10.3. The molecule has 1 saturated heterocycles. The Morgan fingerprint density at radius 3 is 2.50 bits per heavy atom. The largest absolute Gasteiger partial charge is 0.382 e. The summed E-state index contributed by atoms with van der Waals surface area (Å²) in [5.74, 6) is -0.548. The first-order chi connectivity index (χ1) is 8.49. The van der Waals surface area contributed by atoms with Crippen LogP contribution in [-0.2, 0) is 15.6 Å². The quantitative estimate of drug-likeness (QED) is 0.759. The van der Waals surface area contributed by atoms with Crippen LogP contribution >= 0.6 is 0 Å². The van der Waals surface area contributed by atoms with Crippen molar-refractivity contribution in [1.29, 1.82) is 0 Å². The van der Waals surface area contributed by atoms with Crippen molar-refractivity contribution in [2.75, 3.05) is 24.9 Å². The van der Waals surface area contributed by atoms with E-state index < -0.39 is 10.8 Å². The van der Waals surface area contributed by atoms with Gasteiger partial charge in [0.1, 0.15) is 16.6 Å². The highest BCUT2D eigenvalue weighted by atomic mass is 32.2. The molecule has 0 aromatic heterocycles. The number of amides is 1. The Bertz CT molecular complexity index is 525. The fourth-order valence-corrected chi connectivity index (χ4v) is 2.91. The lowest BCUT2D eigenvalue weighted by molar-refractivity contribution is -0.114. The van der Waals surface area contributed by atoms with Gasteiger partial charge in [-0.1, -0.05) is 0 Å². The molecular weight excluding hydrogens is 255 g/mol. The summed E-state index contributed by atoms with van der Waals surface area (Å²) in [6.45, 7) is 0. The first kappa shape index (κ1) is 12.8. The number of hydrogen-bond donors (Lipinski definition) is 0. The summed E-state index contributed by atoms with van der Waals surface area (Å²) in [7, 11) is 2.18. The average molecular weight is 268 g/mol. The number of halogens is 1. The van der Waals surface area contributed by atoms with Crippen LogP contribution < -0.4 is 4.90 Å². The Hall–Kier alpha value is -1.69. The van der Waals surface area contributed by atoms with Crippen molar-refractivity contribution in [2.45, 2.75) is 0 Å². The van der Waals surface area contributed by atoms with Crippen LogP contribution in [0.5, 0.6) is 0 Å². The topological polar surface area (TPSA) is 40.6 Å². The third-order valence-corrected chi connectivity index (χ3v) is 3.72. The van der Waals surface area contributed by atoms with Crippen molar-refractivity contribution in [3.05, 3.63) is 41.2 Å². The maximum atomic E-state index is 12.8. The van der Waals surface area contributed by atoms with Crippen molar-refractivity contribution in [3.8, 4) is 0 Å². The second kappa shape index (κ2) is 4.89. The molecule has 6 heteroatoms. The normalized spacial score (nSPS) is 21.7. The molecule has 1 aliphatic heterocycles. The highest BCUT2D eigenvalue weighted by molar-refractivity contribution is 7.90. The molecule has 1 atom stereocenters. The summed E-state index contributed by atoms with van der Waals surface area (Å²) in [6.07, 6.45) is 1.56. The molecule has 1 aliphatic rings. The first-order valence-corrected chi connectivity index (χ1v) is 6.65. The van der Waals surface area contributed by atoms with Crippen molar-refractivity contribution in [2.24, 2.45) is 0 Å². The van der Waals surface area contributed by atoms with Crippen molar-refractivity contribution >= 4 is 22.4 Å². The summed E-state index contributed by atoms with van der Waals surface area (Å²) < 4.78 is 24.7. The van der Waals surface area contributed by atoms with Gasteiger partial charge in [-0.2, -0.15) is 0 Å².